The standard InChI is InChI=1S/C16H17ClN2S/c17-13-5-7-14(8-6-13)18-15-3-1-2-4-16(15)19-9-11-20-12-10-19/h1-8,18H,9-12H2. The largest absolute Gasteiger partial charge is 0.368 e. The Kier molecular flexibility index (Phi) is 4.38. The van der Waals surface area contributed by atoms with Gasteiger partial charge in [0.2, 0.25) is 0 Å². The highest BCUT2D eigenvalue weighted by Gasteiger charge is 2.14. The lowest BCUT2D eigenvalue weighted by Gasteiger charge is -2.30. The number of thioether (sulfide) groups is 1. The van der Waals surface area contributed by atoms with Crippen LogP contribution < -0.4 is 10.2 Å². The summed E-state index contributed by atoms with van der Waals surface area (Å²) in [5, 5.41) is 4.25. The molecular weight excluding hydrogens is 288 g/mol. The van der Waals surface area contributed by atoms with Crippen LogP contribution in [0.1, 0.15) is 0 Å². The summed E-state index contributed by atoms with van der Waals surface area (Å²) in [4.78, 5) is 2.45. The van der Waals surface area contributed by atoms with E-state index >= 15 is 0 Å². The lowest BCUT2D eigenvalue weighted by atomic mass is 10.2. The summed E-state index contributed by atoms with van der Waals surface area (Å²) in [6, 6.07) is 16.3. The molecule has 0 saturated carbocycles. The maximum atomic E-state index is 5.93. The number of benzene rings is 2. The van der Waals surface area contributed by atoms with Crippen LogP contribution in [0, 0.1) is 0 Å². The zero-order valence-corrected chi connectivity index (χ0v) is 12.8. The van der Waals surface area contributed by atoms with Crippen molar-refractivity contribution in [3.8, 4) is 0 Å². The first-order chi connectivity index (χ1) is 9.83. The molecule has 1 saturated heterocycles. The number of nitrogens with zero attached hydrogens (tertiary/aromatic N) is 1. The Bertz CT molecular complexity index is 565. The minimum absolute atomic E-state index is 0.761. The summed E-state index contributed by atoms with van der Waals surface area (Å²) in [5.41, 5.74) is 3.50. The van der Waals surface area contributed by atoms with Crippen LogP contribution in [0.4, 0.5) is 17.1 Å². The molecule has 1 heterocycles. The monoisotopic (exact) mass is 304 g/mol. The Balaban J connectivity index is 1.83. The van der Waals surface area contributed by atoms with Gasteiger partial charge in [-0.05, 0) is 36.4 Å². The van der Waals surface area contributed by atoms with Crippen LogP contribution in [0.15, 0.2) is 48.5 Å². The number of hydrogen-bond acceptors (Lipinski definition) is 3. The molecule has 0 amide bonds. The average molecular weight is 305 g/mol. The van der Waals surface area contributed by atoms with Crippen molar-refractivity contribution in [1.29, 1.82) is 0 Å². The van der Waals surface area contributed by atoms with E-state index in [1.54, 1.807) is 0 Å². The van der Waals surface area contributed by atoms with Crippen molar-refractivity contribution in [2.24, 2.45) is 0 Å². The zero-order valence-electron chi connectivity index (χ0n) is 11.2. The summed E-state index contributed by atoms with van der Waals surface area (Å²) >= 11 is 7.96. The molecule has 0 aromatic heterocycles. The highest BCUT2D eigenvalue weighted by molar-refractivity contribution is 7.99. The maximum absolute atomic E-state index is 5.93. The Labute approximate surface area is 129 Å². The molecule has 104 valence electrons. The first kappa shape index (κ1) is 13.7. The molecule has 1 aliphatic heterocycles. The van der Waals surface area contributed by atoms with Crippen LogP contribution in [-0.4, -0.2) is 24.6 Å². The van der Waals surface area contributed by atoms with Crippen molar-refractivity contribution in [3.63, 3.8) is 0 Å². The highest BCUT2D eigenvalue weighted by atomic mass is 35.5. The van der Waals surface area contributed by atoms with Gasteiger partial charge in [0.15, 0.2) is 0 Å². The Morgan fingerprint density at radius 3 is 2.40 bits per heavy atom. The highest BCUT2D eigenvalue weighted by Crippen LogP contribution is 2.30. The van der Waals surface area contributed by atoms with Gasteiger partial charge in [-0.2, -0.15) is 11.8 Å². The van der Waals surface area contributed by atoms with E-state index in [2.05, 4.69) is 34.5 Å². The average Bonchev–Trinajstić information content (AvgIpc) is 2.51. The molecule has 0 unspecified atom stereocenters. The normalized spacial score (nSPS) is 15.2. The molecule has 20 heavy (non-hydrogen) atoms. The zero-order chi connectivity index (χ0) is 13.8. The maximum Gasteiger partial charge on any atom is 0.0622 e. The van der Waals surface area contributed by atoms with E-state index in [0.717, 1.165) is 29.5 Å². The Morgan fingerprint density at radius 2 is 1.65 bits per heavy atom. The van der Waals surface area contributed by atoms with E-state index in [1.807, 2.05) is 36.0 Å². The van der Waals surface area contributed by atoms with E-state index in [9.17, 15) is 0 Å². The number of hydrogen-bond donors (Lipinski definition) is 1. The number of halogens is 1. The first-order valence-corrected chi connectivity index (χ1v) is 8.30. The molecule has 3 rings (SSSR count). The van der Waals surface area contributed by atoms with Crippen LogP contribution in [-0.2, 0) is 0 Å². The lowest BCUT2D eigenvalue weighted by molar-refractivity contribution is 0.860. The third kappa shape index (κ3) is 3.22. The van der Waals surface area contributed by atoms with Gasteiger partial charge < -0.3 is 10.2 Å². The van der Waals surface area contributed by atoms with Crippen LogP contribution in [0.3, 0.4) is 0 Å². The third-order valence-electron chi connectivity index (χ3n) is 3.38. The minimum atomic E-state index is 0.761. The van der Waals surface area contributed by atoms with Gasteiger partial charge in [0.05, 0.1) is 11.4 Å². The molecule has 0 bridgehead atoms. The quantitative estimate of drug-likeness (QED) is 0.889. The fraction of sp³-hybridized carbons (Fsp3) is 0.250. The summed E-state index contributed by atoms with van der Waals surface area (Å²) in [6.45, 7) is 2.23. The van der Waals surface area contributed by atoms with Crippen molar-refractivity contribution in [2.45, 2.75) is 0 Å². The Hall–Kier alpha value is -1.32. The summed E-state index contributed by atoms with van der Waals surface area (Å²) < 4.78 is 0. The fourth-order valence-corrected chi connectivity index (χ4v) is 3.38. The topological polar surface area (TPSA) is 15.3 Å². The number of rotatable bonds is 3. The van der Waals surface area contributed by atoms with Crippen LogP contribution in [0.25, 0.3) is 0 Å². The van der Waals surface area contributed by atoms with Crippen molar-refractivity contribution >= 4 is 40.4 Å². The molecule has 2 aromatic rings. The molecule has 0 radical (unpaired) electrons. The van der Waals surface area contributed by atoms with Gasteiger partial charge in [-0.1, -0.05) is 23.7 Å². The summed E-state index contributed by atoms with van der Waals surface area (Å²) in [6.07, 6.45) is 0. The molecule has 0 spiro atoms. The van der Waals surface area contributed by atoms with Gasteiger partial charge in [-0.25, -0.2) is 0 Å². The predicted octanol–water partition coefficient (Wildman–Crippen LogP) is 4.64. The van der Waals surface area contributed by atoms with Gasteiger partial charge in [-0.3, -0.25) is 0 Å². The van der Waals surface area contributed by atoms with Crippen molar-refractivity contribution in [2.75, 3.05) is 34.8 Å². The van der Waals surface area contributed by atoms with Gasteiger partial charge in [-0.15, -0.1) is 0 Å². The molecular formula is C16H17ClN2S. The Morgan fingerprint density at radius 1 is 0.950 bits per heavy atom. The molecule has 4 heteroatoms. The molecule has 0 aliphatic carbocycles. The molecule has 2 nitrogen and oxygen atoms in total. The number of nitrogens with one attached hydrogen (secondary N) is 1. The second kappa shape index (κ2) is 6.42. The van der Waals surface area contributed by atoms with Crippen LogP contribution in [0.5, 0.6) is 0 Å². The van der Waals surface area contributed by atoms with E-state index in [0.29, 0.717) is 0 Å². The SMILES string of the molecule is Clc1ccc(Nc2ccccc2N2CCSCC2)cc1. The molecule has 1 fully saturated rings. The third-order valence-corrected chi connectivity index (χ3v) is 4.57. The van der Waals surface area contributed by atoms with E-state index in [4.69, 9.17) is 11.6 Å². The molecule has 1 N–H and O–H groups in total. The van der Waals surface area contributed by atoms with Crippen LogP contribution in [0.2, 0.25) is 5.02 Å². The van der Waals surface area contributed by atoms with Gasteiger partial charge in [0.25, 0.3) is 0 Å². The van der Waals surface area contributed by atoms with Gasteiger partial charge in [0, 0.05) is 35.3 Å². The number of anilines is 3. The van der Waals surface area contributed by atoms with Crippen molar-refractivity contribution in [1.82, 2.24) is 0 Å². The second-order valence-corrected chi connectivity index (χ2v) is 6.41. The van der Waals surface area contributed by atoms with Crippen molar-refractivity contribution in [3.05, 3.63) is 53.6 Å². The molecule has 2 aromatic carbocycles. The summed E-state index contributed by atoms with van der Waals surface area (Å²) in [7, 11) is 0. The number of para-hydroxylation sites is 2. The van der Waals surface area contributed by atoms with Gasteiger partial charge in [0.1, 0.15) is 0 Å². The van der Waals surface area contributed by atoms with E-state index in [1.165, 1.54) is 17.2 Å². The molecule has 1 aliphatic rings. The van der Waals surface area contributed by atoms with Gasteiger partial charge >= 0.3 is 0 Å². The minimum Gasteiger partial charge on any atom is -0.368 e. The first-order valence-electron chi connectivity index (χ1n) is 6.77. The van der Waals surface area contributed by atoms with Crippen LogP contribution >= 0.6 is 23.4 Å². The van der Waals surface area contributed by atoms with E-state index < -0.39 is 0 Å². The fourth-order valence-electron chi connectivity index (χ4n) is 2.35. The summed E-state index contributed by atoms with van der Waals surface area (Å²) in [5.74, 6) is 2.41. The predicted molar refractivity (Wildman–Crippen MR) is 90.7 cm³/mol. The van der Waals surface area contributed by atoms with Crippen molar-refractivity contribution < 1.29 is 0 Å². The smallest absolute Gasteiger partial charge is 0.0622 e. The van der Waals surface area contributed by atoms with E-state index in [-0.39, 0.29) is 0 Å². The second-order valence-electron chi connectivity index (χ2n) is 4.75. The molecule has 0 atom stereocenters. The lowest BCUT2D eigenvalue weighted by Crippen LogP contribution is -2.32.